The number of thiophene rings is 1. The van der Waals surface area contributed by atoms with Crippen molar-refractivity contribution in [2.24, 2.45) is 18.7 Å². The van der Waals surface area contributed by atoms with Crippen molar-refractivity contribution in [2.45, 2.75) is 19.3 Å². The number of aromatic nitrogens is 5. The van der Waals surface area contributed by atoms with E-state index in [1.807, 2.05) is 13.1 Å². The molecule has 1 fully saturated rings. The molecular formula is C18H24N8O2S. The molecule has 4 heterocycles. The van der Waals surface area contributed by atoms with Crippen LogP contribution in [-0.2, 0) is 18.2 Å². The number of carbonyl (C=O) groups excluding carboxylic acids is 1. The average Bonchev–Trinajstić information content (AvgIpc) is 3.28. The van der Waals surface area contributed by atoms with E-state index in [-0.39, 0.29) is 0 Å². The van der Waals surface area contributed by atoms with Gasteiger partial charge in [0.1, 0.15) is 9.71 Å². The van der Waals surface area contributed by atoms with E-state index in [1.54, 1.807) is 10.9 Å². The Labute approximate surface area is 171 Å². The lowest BCUT2D eigenvalue weighted by molar-refractivity contribution is 0.0945. The van der Waals surface area contributed by atoms with E-state index in [1.165, 1.54) is 11.3 Å². The fraction of sp³-hybridized carbons (Fsp3) is 0.500. The molecule has 1 saturated heterocycles. The minimum atomic E-state index is -0.514. The largest absolute Gasteiger partial charge is 0.397 e. The lowest BCUT2D eigenvalue weighted by atomic mass is 9.98. The fourth-order valence-corrected chi connectivity index (χ4v) is 4.70. The highest BCUT2D eigenvalue weighted by molar-refractivity contribution is 7.21. The molecule has 1 amide bonds. The summed E-state index contributed by atoms with van der Waals surface area (Å²) in [7, 11) is 1.82. The molecule has 3 aromatic heterocycles. The minimum absolute atomic E-state index is 0.370. The Balaban J connectivity index is 1.42. The number of fused-ring (bicyclic) bond motifs is 1. The molecule has 154 valence electrons. The monoisotopic (exact) mass is 416 g/mol. The molecule has 10 nitrogen and oxygen atoms in total. The maximum absolute atomic E-state index is 11.7. The fourth-order valence-electron chi connectivity index (χ4n) is 3.77. The molecule has 11 heteroatoms. The Hall–Kier alpha value is -2.79. The van der Waals surface area contributed by atoms with Gasteiger partial charge >= 0.3 is 0 Å². The van der Waals surface area contributed by atoms with Gasteiger partial charge in [-0.15, -0.1) is 16.4 Å². The normalized spacial score (nSPS) is 17.1. The highest BCUT2D eigenvalue weighted by Gasteiger charge is 2.25. The molecule has 1 unspecified atom stereocenters. The summed E-state index contributed by atoms with van der Waals surface area (Å²) in [4.78, 5) is 19.5. The molecule has 0 spiro atoms. The third kappa shape index (κ3) is 4.01. The average molecular weight is 417 g/mol. The summed E-state index contributed by atoms with van der Waals surface area (Å²) >= 11 is 1.25. The number of primary amides is 1. The highest BCUT2D eigenvalue weighted by Crippen LogP contribution is 2.39. The van der Waals surface area contributed by atoms with E-state index < -0.39 is 5.91 Å². The van der Waals surface area contributed by atoms with E-state index in [0.29, 0.717) is 36.1 Å². The topological polar surface area (TPSA) is 138 Å². The van der Waals surface area contributed by atoms with Gasteiger partial charge in [-0.1, -0.05) is 0 Å². The number of aryl methyl sites for hydroxylation is 1. The Bertz CT molecular complexity index is 1020. The van der Waals surface area contributed by atoms with Gasteiger partial charge in [-0.05, 0) is 35.3 Å². The second-order valence-electron chi connectivity index (χ2n) is 7.22. The zero-order valence-electron chi connectivity index (χ0n) is 16.2. The van der Waals surface area contributed by atoms with Gasteiger partial charge in [0.15, 0.2) is 5.82 Å². The van der Waals surface area contributed by atoms with Crippen molar-refractivity contribution < 1.29 is 9.53 Å². The first-order chi connectivity index (χ1) is 14.0. The van der Waals surface area contributed by atoms with E-state index in [0.717, 1.165) is 47.7 Å². The molecule has 0 aliphatic carbocycles. The molecule has 29 heavy (non-hydrogen) atoms. The van der Waals surface area contributed by atoms with Gasteiger partial charge in [-0.2, -0.15) is 0 Å². The number of piperidine rings is 1. The molecule has 0 radical (unpaired) electrons. The third-order valence-electron chi connectivity index (χ3n) is 5.22. The number of nitrogen functional groups attached to an aromatic ring is 1. The SMILES string of the molecule is Cn1nnnc1CCOCC1CCCN(c2ccnc3sc(C(N)=O)c(N)c23)C1. The van der Waals surface area contributed by atoms with Crippen LogP contribution in [0.1, 0.15) is 28.3 Å². The number of hydrogen-bond donors (Lipinski definition) is 2. The molecule has 0 bridgehead atoms. The predicted molar refractivity (Wildman–Crippen MR) is 111 cm³/mol. The van der Waals surface area contributed by atoms with E-state index >= 15 is 0 Å². The van der Waals surface area contributed by atoms with Crippen LogP contribution in [0.15, 0.2) is 12.3 Å². The van der Waals surface area contributed by atoms with Crippen LogP contribution < -0.4 is 16.4 Å². The Morgan fingerprint density at radius 2 is 2.31 bits per heavy atom. The van der Waals surface area contributed by atoms with E-state index in [9.17, 15) is 4.79 Å². The van der Waals surface area contributed by atoms with Crippen molar-refractivity contribution in [1.29, 1.82) is 0 Å². The lowest BCUT2D eigenvalue weighted by Gasteiger charge is -2.34. The lowest BCUT2D eigenvalue weighted by Crippen LogP contribution is -2.37. The van der Waals surface area contributed by atoms with Crippen molar-refractivity contribution in [3.05, 3.63) is 23.0 Å². The first-order valence-electron chi connectivity index (χ1n) is 9.55. The van der Waals surface area contributed by atoms with Crippen LogP contribution in [0.5, 0.6) is 0 Å². The van der Waals surface area contributed by atoms with Crippen LogP contribution in [0.2, 0.25) is 0 Å². The number of amides is 1. The van der Waals surface area contributed by atoms with E-state index in [4.69, 9.17) is 16.2 Å². The van der Waals surface area contributed by atoms with Crippen LogP contribution in [0.3, 0.4) is 0 Å². The first-order valence-corrected chi connectivity index (χ1v) is 10.4. The number of pyridine rings is 1. The number of rotatable bonds is 7. The van der Waals surface area contributed by atoms with Crippen molar-refractivity contribution in [1.82, 2.24) is 25.2 Å². The van der Waals surface area contributed by atoms with Crippen molar-refractivity contribution >= 4 is 38.8 Å². The third-order valence-corrected chi connectivity index (χ3v) is 6.35. The zero-order valence-corrected chi connectivity index (χ0v) is 17.1. The number of ether oxygens (including phenoxy) is 1. The van der Waals surface area contributed by atoms with Crippen molar-refractivity contribution in [3.8, 4) is 0 Å². The number of carbonyl (C=O) groups is 1. The van der Waals surface area contributed by atoms with Crippen LogP contribution in [-0.4, -0.2) is 57.4 Å². The maximum atomic E-state index is 11.7. The second-order valence-corrected chi connectivity index (χ2v) is 8.22. The van der Waals surface area contributed by atoms with E-state index in [2.05, 4.69) is 25.4 Å². The summed E-state index contributed by atoms with van der Waals surface area (Å²) in [6.07, 6.45) is 4.62. The maximum Gasteiger partial charge on any atom is 0.260 e. The molecule has 4 N–H and O–H groups in total. The summed E-state index contributed by atoms with van der Waals surface area (Å²) < 4.78 is 7.56. The van der Waals surface area contributed by atoms with Gasteiger partial charge in [0.05, 0.1) is 30.0 Å². The zero-order chi connectivity index (χ0) is 20.4. The van der Waals surface area contributed by atoms with Gasteiger partial charge in [0.25, 0.3) is 5.91 Å². The number of nitrogens with zero attached hydrogens (tertiary/aromatic N) is 6. The molecule has 0 aromatic carbocycles. The molecule has 3 aromatic rings. The molecule has 1 aliphatic heterocycles. The highest BCUT2D eigenvalue weighted by atomic mass is 32.1. The Kier molecular flexibility index (Phi) is 5.58. The van der Waals surface area contributed by atoms with Gasteiger partial charge < -0.3 is 21.1 Å². The molecular weight excluding hydrogens is 392 g/mol. The molecule has 4 rings (SSSR count). The number of anilines is 2. The van der Waals surface area contributed by atoms with Gasteiger partial charge in [-0.3, -0.25) is 4.79 Å². The summed E-state index contributed by atoms with van der Waals surface area (Å²) in [6.45, 7) is 3.07. The summed E-state index contributed by atoms with van der Waals surface area (Å²) in [5.41, 5.74) is 13.1. The van der Waals surface area contributed by atoms with Crippen LogP contribution in [0.4, 0.5) is 11.4 Å². The smallest absolute Gasteiger partial charge is 0.260 e. The van der Waals surface area contributed by atoms with Gasteiger partial charge in [0, 0.05) is 32.8 Å². The quantitative estimate of drug-likeness (QED) is 0.544. The first kappa shape index (κ1) is 19.5. The van der Waals surface area contributed by atoms with Crippen molar-refractivity contribution in [3.63, 3.8) is 0 Å². The number of tetrazole rings is 1. The van der Waals surface area contributed by atoms with Crippen LogP contribution in [0, 0.1) is 5.92 Å². The number of nitrogens with two attached hydrogens (primary N) is 2. The van der Waals surface area contributed by atoms with Gasteiger partial charge in [-0.25, -0.2) is 9.67 Å². The summed E-state index contributed by atoms with van der Waals surface area (Å²) in [5.74, 6) is 0.715. The standard InChI is InChI=1S/C18H24N8O2S/c1-25-13(22-23-24-25)5-8-28-10-11-3-2-7-26(9-11)12-4-6-21-18-14(12)15(19)16(29-18)17(20)27/h4,6,11H,2-3,5,7-10,19H2,1H3,(H2,20,27). The molecule has 1 atom stereocenters. The second kappa shape index (κ2) is 8.29. The summed E-state index contributed by atoms with van der Waals surface area (Å²) in [6, 6.07) is 1.96. The predicted octanol–water partition coefficient (Wildman–Crippen LogP) is 0.977. The Morgan fingerprint density at radius 1 is 1.45 bits per heavy atom. The summed E-state index contributed by atoms with van der Waals surface area (Å²) in [5, 5.41) is 12.2. The number of hydrogen-bond acceptors (Lipinski definition) is 9. The minimum Gasteiger partial charge on any atom is -0.397 e. The Morgan fingerprint density at radius 3 is 3.07 bits per heavy atom. The van der Waals surface area contributed by atoms with Gasteiger partial charge in [0.2, 0.25) is 0 Å². The molecule has 1 aliphatic rings. The van der Waals surface area contributed by atoms with Crippen LogP contribution >= 0.6 is 11.3 Å². The van der Waals surface area contributed by atoms with Crippen LogP contribution in [0.25, 0.3) is 10.2 Å². The van der Waals surface area contributed by atoms with Crippen molar-refractivity contribution in [2.75, 3.05) is 36.9 Å². The molecule has 0 saturated carbocycles.